The third kappa shape index (κ3) is 3.73. The van der Waals surface area contributed by atoms with E-state index in [0.29, 0.717) is 24.3 Å². The predicted octanol–water partition coefficient (Wildman–Crippen LogP) is 2.24. The molecule has 0 bridgehead atoms. The number of hydrogen-bond donors (Lipinski definition) is 0. The molecule has 1 saturated heterocycles. The summed E-state index contributed by atoms with van der Waals surface area (Å²) in [7, 11) is -0.792. The Balaban J connectivity index is 1.88. The standard InChI is InChI=1S/C15H20FNO2S/c1-15(2)11-17(9-10-20(15)19)8-7-14(18)12-3-5-13(16)6-4-12/h3-6H,7-11H2,1-2H3/t20-/m1/s1. The van der Waals surface area contributed by atoms with Crippen molar-refractivity contribution in [3.8, 4) is 0 Å². The first-order valence-electron chi connectivity index (χ1n) is 6.78. The van der Waals surface area contributed by atoms with Crippen LogP contribution in [0.5, 0.6) is 0 Å². The maximum atomic E-state index is 12.8. The molecule has 0 aliphatic carbocycles. The first kappa shape index (κ1) is 15.3. The lowest BCUT2D eigenvalue weighted by atomic mass is 10.1. The summed E-state index contributed by atoms with van der Waals surface area (Å²) >= 11 is 0. The van der Waals surface area contributed by atoms with Crippen LogP contribution in [0.1, 0.15) is 30.6 Å². The summed E-state index contributed by atoms with van der Waals surface area (Å²) in [4.78, 5) is 14.2. The average Bonchev–Trinajstić information content (AvgIpc) is 2.40. The van der Waals surface area contributed by atoms with E-state index in [4.69, 9.17) is 0 Å². The second kappa shape index (κ2) is 6.14. The van der Waals surface area contributed by atoms with E-state index in [0.717, 1.165) is 13.1 Å². The number of halogens is 1. The van der Waals surface area contributed by atoms with Gasteiger partial charge in [-0.3, -0.25) is 9.00 Å². The third-order valence-corrected chi connectivity index (χ3v) is 5.55. The Labute approximate surface area is 121 Å². The predicted molar refractivity (Wildman–Crippen MR) is 78.9 cm³/mol. The van der Waals surface area contributed by atoms with Gasteiger partial charge in [0.15, 0.2) is 5.78 Å². The quantitative estimate of drug-likeness (QED) is 0.800. The number of carbonyl (C=O) groups excluding carboxylic acids is 1. The van der Waals surface area contributed by atoms with Crippen LogP contribution < -0.4 is 0 Å². The van der Waals surface area contributed by atoms with Crippen LogP contribution in [0.3, 0.4) is 0 Å². The smallest absolute Gasteiger partial charge is 0.164 e. The molecule has 1 aromatic carbocycles. The van der Waals surface area contributed by atoms with E-state index in [-0.39, 0.29) is 16.3 Å². The molecule has 1 fully saturated rings. The van der Waals surface area contributed by atoms with Crippen molar-refractivity contribution in [2.75, 3.05) is 25.4 Å². The summed E-state index contributed by atoms with van der Waals surface area (Å²) in [6.07, 6.45) is 0.411. The molecular formula is C15H20FNO2S. The Bertz CT molecular complexity index is 513. The molecule has 0 radical (unpaired) electrons. The molecule has 0 N–H and O–H groups in total. The second-order valence-electron chi connectivity index (χ2n) is 5.77. The number of nitrogens with zero attached hydrogens (tertiary/aromatic N) is 1. The van der Waals surface area contributed by atoms with Crippen LogP contribution in [0.2, 0.25) is 0 Å². The lowest BCUT2D eigenvalue weighted by Gasteiger charge is -2.37. The zero-order valence-electron chi connectivity index (χ0n) is 11.9. The van der Waals surface area contributed by atoms with Crippen LogP contribution in [0, 0.1) is 5.82 Å². The molecule has 5 heteroatoms. The van der Waals surface area contributed by atoms with Gasteiger partial charge in [-0.15, -0.1) is 0 Å². The molecule has 0 aromatic heterocycles. The third-order valence-electron chi connectivity index (χ3n) is 3.63. The van der Waals surface area contributed by atoms with Crippen molar-refractivity contribution >= 4 is 16.6 Å². The van der Waals surface area contributed by atoms with Gasteiger partial charge in [0.1, 0.15) is 5.82 Å². The topological polar surface area (TPSA) is 37.4 Å². The highest BCUT2D eigenvalue weighted by atomic mass is 32.2. The number of benzene rings is 1. The normalized spacial score (nSPS) is 22.6. The van der Waals surface area contributed by atoms with Crippen molar-refractivity contribution in [1.29, 1.82) is 0 Å². The molecule has 1 aliphatic heterocycles. The first-order valence-corrected chi connectivity index (χ1v) is 8.10. The Morgan fingerprint density at radius 3 is 2.60 bits per heavy atom. The van der Waals surface area contributed by atoms with Gasteiger partial charge in [0.25, 0.3) is 0 Å². The fourth-order valence-corrected chi connectivity index (χ4v) is 3.71. The average molecular weight is 297 g/mol. The SMILES string of the molecule is CC1(C)CN(CCC(=O)c2ccc(F)cc2)CC[S@]1=O. The summed E-state index contributed by atoms with van der Waals surface area (Å²) < 4.78 is 24.4. The fourth-order valence-electron chi connectivity index (χ4n) is 2.41. The van der Waals surface area contributed by atoms with E-state index in [1.165, 1.54) is 24.3 Å². The van der Waals surface area contributed by atoms with Crippen LogP contribution in [-0.4, -0.2) is 45.0 Å². The van der Waals surface area contributed by atoms with Gasteiger partial charge in [0, 0.05) is 48.2 Å². The molecule has 0 spiro atoms. The van der Waals surface area contributed by atoms with Gasteiger partial charge in [-0.1, -0.05) is 0 Å². The largest absolute Gasteiger partial charge is 0.301 e. The molecular weight excluding hydrogens is 277 g/mol. The Morgan fingerprint density at radius 2 is 2.00 bits per heavy atom. The fraction of sp³-hybridized carbons (Fsp3) is 0.533. The van der Waals surface area contributed by atoms with Gasteiger partial charge in [-0.2, -0.15) is 0 Å². The minimum atomic E-state index is -0.792. The van der Waals surface area contributed by atoms with Crippen LogP contribution >= 0.6 is 0 Å². The maximum absolute atomic E-state index is 12.8. The minimum Gasteiger partial charge on any atom is -0.301 e. The lowest BCUT2D eigenvalue weighted by Crippen LogP contribution is -2.50. The van der Waals surface area contributed by atoms with Crippen molar-refractivity contribution in [3.63, 3.8) is 0 Å². The van der Waals surface area contributed by atoms with Gasteiger partial charge >= 0.3 is 0 Å². The van der Waals surface area contributed by atoms with E-state index in [1.807, 2.05) is 13.8 Å². The van der Waals surface area contributed by atoms with Crippen LogP contribution in [0.4, 0.5) is 4.39 Å². The van der Waals surface area contributed by atoms with Crippen LogP contribution in [-0.2, 0) is 10.8 Å². The highest BCUT2D eigenvalue weighted by Gasteiger charge is 2.32. The summed E-state index contributed by atoms with van der Waals surface area (Å²) in [5.74, 6) is 0.355. The number of carbonyl (C=O) groups is 1. The van der Waals surface area contributed by atoms with Crippen molar-refractivity contribution in [1.82, 2.24) is 4.90 Å². The highest BCUT2D eigenvalue weighted by Crippen LogP contribution is 2.20. The molecule has 2 rings (SSSR count). The summed E-state index contributed by atoms with van der Waals surface area (Å²) in [5.41, 5.74) is 0.547. The van der Waals surface area contributed by atoms with E-state index >= 15 is 0 Å². The molecule has 110 valence electrons. The van der Waals surface area contributed by atoms with Gasteiger partial charge in [-0.05, 0) is 38.1 Å². The number of ketones is 1. The second-order valence-corrected chi connectivity index (χ2v) is 7.97. The lowest BCUT2D eigenvalue weighted by molar-refractivity contribution is 0.0962. The molecule has 0 saturated carbocycles. The summed E-state index contributed by atoms with van der Waals surface area (Å²) in [6, 6.07) is 5.65. The van der Waals surface area contributed by atoms with E-state index < -0.39 is 10.8 Å². The van der Waals surface area contributed by atoms with Gasteiger partial charge < -0.3 is 4.90 Å². The molecule has 0 amide bonds. The molecule has 20 heavy (non-hydrogen) atoms. The van der Waals surface area contributed by atoms with E-state index in [1.54, 1.807) is 0 Å². The van der Waals surface area contributed by atoms with Crippen molar-refractivity contribution in [2.45, 2.75) is 25.0 Å². The minimum absolute atomic E-state index is 0.0227. The molecule has 3 nitrogen and oxygen atoms in total. The first-order chi connectivity index (χ1) is 9.38. The molecule has 0 unspecified atom stereocenters. The van der Waals surface area contributed by atoms with Gasteiger partial charge in [0.2, 0.25) is 0 Å². The van der Waals surface area contributed by atoms with E-state index in [9.17, 15) is 13.4 Å². The number of rotatable bonds is 4. The Hall–Kier alpha value is -1.07. The van der Waals surface area contributed by atoms with E-state index in [2.05, 4.69) is 4.90 Å². The monoisotopic (exact) mass is 297 g/mol. The zero-order valence-corrected chi connectivity index (χ0v) is 12.7. The van der Waals surface area contributed by atoms with Crippen LogP contribution in [0.25, 0.3) is 0 Å². The Morgan fingerprint density at radius 1 is 1.35 bits per heavy atom. The van der Waals surface area contributed by atoms with Crippen molar-refractivity contribution < 1.29 is 13.4 Å². The molecule has 1 aliphatic rings. The molecule has 1 aromatic rings. The zero-order chi connectivity index (χ0) is 14.8. The van der Waals surface area contributed by atoms with Crippen molar-refractivity contribution in [2.24, 2.45) is 0 Å². The van der Waals surface area contributed by atoms with Crippen LogP contribution in [0.15, 0.2) is 24.3 Å². The van der Waals surface area contributed by atoms with Crippen molar-refractivity contribution in [3.05, 3.63) is 35.6 Å². The Kier molecular flexibility index (Phi) is 4.70. The van der Waals surface area contributed by atoms with Gasteiger partial charge in [0.05, 0.1) is 4.75 Å². The molecule has 1 atom stereocenters. The highest BCUT2D eigenvalue weighted by molar-refractivity contribution is 7.86. The summed E-state index contributed by atoms with van der Waals surface area (Å²) in [5, 5.41) is 0. The number of Topliss-reactive ketones (excluding diaryl/α,β-unsaturated/α-hetero) is 1. The number of hydrogen-bond acceptors (Lipinski definition) is 3. The molecule has 1 heterocycles. The van der Waals surface area contributed by atoms with Gasteiger partial charge in [-0.25, -0.2) is 4.39 Å². The maximum Gasteiger partial charge on any atom is 0.164 e. The summed E-state index contributed by atoms with van der Waals surface area (Å²) in [6.45, 7) is 6.17.